The molecule has 0 saturated carbocycles. The van der Waals surface area contributed by atoms with Crippen molar-refractivity contribution in [2.75, 3.05) is 6.54 Å². The van der Waals surface area contributed by atoms with Crippen molar-refractivity contribution in [2.45, 2.75) is 58.6 Å². The van der Waals surface area contributed by atoms with E-state index in [4.69, 9.17) is 21.1 Å². The van der Waals surface area contributed by atoms with E-state index in [0.717, 1.165) is 6.42 Å². The van der Waals surface area contributed by atoms with Gasteiger partial charge >= 0.3 is 12.1 Å². The van der Waals surface area contributed by atoms with Crippen molar-refractivity contribution < 1.29 is 19.1 Å². The van der Waals surface area contributed by atoms with Crippen LogP contribution in [-0.2, 0) is 14.3 Å². The maximum atomic E-state index is 11.2. The Hall–Kier alpha value is -1.75. The van der Waals surface area contributed by atoms with E-state index in [2.05, 4.69) is 24.4 Å². The molecule has 1 N–H and O–H groups in total. The number of halogens is 1. The quantitative estimate of drug-likeness (QED) is 0.626. The van der Waals surface area contributed by atoms with Crippen LogP contribution in [0.25, 0.3) is 0 Å². The van der Waals surface area contributed by atoms with E-state index in [9.17, 15) is 9.59 Å². The summed E-state index contributed by atoms with van der Waals surface area (Å²) < 4.78 is 9.78. The normalized spacial score (nSPS) is 11.6. The minimum Gasteiger partial charge on any atom is -0.445 e. The van der Waals surface area contributed by atoms with Crippen molar-refractivity contribution >= 4 is 23.7 Å². The van der Waals surface area contributed by atoms with Gasteiger partial charge in [0.1, 0.15) is 12.1 Å². The van der Waals surface area contributed by atoms with Gasteiger partial charge in [-0.25, -0.2) is 4.79 Å². The predicted molar refractivity (Wildman–Crippen MR) is 96.1 cm³/mol. The van der Waals surface area contributed by atoms with Crippen molar-refractivity contribution in [1.82, 2.24) is 5.32 Å². The molecule has 0 heterocycles. The van der Waals surface area contributed by atoms with Crippen LogP contribution in [0.4, 0.5) is 4.79 Å². The number of aryl methyl sites for hydroxylation is 1. The molecule has 24 heavy (non-hydrogen) atoms. The number of amides is 1. The number of alkyl halides is 1. The van der Waals surface area contributed by atoms with Crippen LogP contribution >= 0.6 is 11.6 Å². The highest BCUT2D eigenvalue weighted by Crippen LogP contribution is 2.07. The van der Waals surface area contributed by atoms with Crippen molar-refractivity contribution in [2.24, 2.45) is 0 Å². The molecule has 0 spiro atoms. The second-order valence-electron chi connectivity index (χ2n) is 6.20. The van der Waals surface area contributed by atoms with Crippen LogP contribution in [0.2, 0.25) is 0 Å². The summed E-state index contributed by atoms with van der Waals surface area (Å²) in [5.41, 5.74) is 0.0843. The number of ether oxygens (including phenoxy) is 2. The second-order valence-corrected chi connectivity index (χ2v) is 6.69. The molecule has 0 aliphatic heterocycles. The summed E-state index contributed by atoms with van der Waals surface area (Å²) in [4.78, 5) is 22.4. The van der Waals surface area contributed by atoms with E-state index in [-0.39, 0.29) is 6.54 Å². The van der Waals surface area contributed by atoms with E-state index in [1.165, 1.54) is 5.56 Å². The number of alkyl carbamates (subject to hydrolysis) is 1. The van der Waals surface area contributed by atoms with E-state index >= 15 is 0 Å². The number of benzene rings is 1. The Bertz CT molecular complexity index is 486. The predicted octanol–water partition coefficient (Wildman–Crippen LogP) is 4.41. The Morgan fingerprint density at radius 3 is 2.21 bits per heavy atom. The summed E-state index contributed by atoms with van der Waals surface area (Å²) in [5, 5.41) is 2.29. The van der Waals surface area contributed by atoms with Gasteiger partial charge in [0.05, 0.1) is 0 Å². The van der Waals surface area contributed by atoms with E-state index in [1.807, 2.05) is 25.1 Å². The van der Waals surface area contributed by atoms with Crippen LogP contribution in [0, 0.1) is 6.92 Å². The number of rotatable bonds is 5. The van der Waals surface area contributed by atoms with Gasteiger partial charge < -0.3 is 14.8 Å². The first kappa shape index (κ1) is 22.2. The first-order chi connectivity index (χ1) is 11.1. The number of carbonyl (C=O) groups excluding carboxylic acids is 2. The van der Waals surface area contributed by atoms with Crippen molar-refractivity contribution in [3.8, 4) is 0 Å². The third-order valence-corrected chi connectivity index (χ3v) is 2.80. The monoisotopic (exact) mass is 357 g/mol. The minimum atomic E-state index is -0.656. The topological polar surface area (TPSA) is 64.6 Å². The van der Waals surface area contributed by atoms with Crippen LogP contribution in [0.5, 0.6) is 0 Å². The molecular formula is C18H28ClNO4. The van der Waals surface area contributed by atoms with E-state index in [0.29, 0.717) is 6.42 Å². The molecule has 136 valence electrons. The SMILES string of the molecule is CCCC(Cl)OC(=O)CNC(=O)OC(C)(C)C.Cc1ccccc1. The first-order valence-electron chi connectivity index (χ1n) is 7.96. The third kappa shape index (κ3) is 13.9. The molecule has 1 amide bonds. The van der Waals surface area contributed by atoms with Gasteiger partial charge in [0.25, 0.3) is 0 Å². The molecule has 1 atom stereocenters. The molecule has 0 aromatic heterocycles. The molecule has 0 fully saturated rings. The molecule has 0 aliphatic rings. The molecular weight excluding hydrogens is 330 g/mol. The minimum absolute atomic E-state index is 0.248. The Morgan fingerprint density at radius 1 is 1.21 bits per heavy atom. The summed E-state index contributed by atoms with van der Waals surface area (Å²) in [6.07, 6.45) is 0.747. The standard InChI is InChI=1S/C11H20ClNO4.C7H8/c1-5-6-8(12)16-9(14)7-13-10(15)17-11(2,3)4;1-7-5-3-2-4-6-7/h8H,5-7H2,1-4H3,(H,13,15);2-6H,1H3. The molecule has 0 saturated heterocycles. The zero-order valence-electron chi connectivity index (χ0n) is 15.1. The molecule has 0 bridgehead atoms. The summed E-state index contributed by atoms with van der Waals surface area (Å²) in [7, 11) is 0. The van der Waals surface area contributed by atoms with Gasteiger partial charge in [-0.1, -0.05) is 60.8 Å². The smallest absolute Gasteiger partial charge is 0.408 e. The molecule has 6 heteroatoms. The van der Waals surface area contributed by atoms with Crippen LogP contribution in [0.1, 0.15) is 46.1 Å². The Labute approximate surface area is 149 Å². The van der Waals surface area contributed by atoms with Gasteiger partial charge in [0.15, 0.2) is 5.56 Å². The number of hydrogen-bond donors (Lipinski definition) is 1. The molecule has 1 unspecified atom stereocenters. The van der Waals surface area contributed by atoms with Crippen LogP contribution < -0.4 is 5.32 Å². The Balaban J connectivity index is 0.000000620. The lowest BCUT2D eigenvalue weighted by Gasteiger charge is -2.19. The lowest BCUT2D eigenvalue weighted by molar-refractivity contribution is -0.144. The highest BCUT2D eigenvalue weighted by atomic mass is 35.5. The lowest BCUT2D eigenvalue weighted by Crippen LogP contribution is -2.36. The molecule has 0 radical (unpaired) electrons. The molecule has 1 rings (SSSR count). The van der Waals surface area contributed by atoms with Gasteiger partial charge in [-0.05, 0) is 34.1 Å². The highest BCUT2D eigenvalue weighted by Gasteiger charge is 2.17. The number of esters is 1. The van der Waals surface area contributed by atoms with Gasteiger partial charge in [-0.2, -0.15) is 0 Å². The fraction of sp³-hybridized carbons (Fsp3) is 0.556. The number of hydrogen-bond acceptors (Lipinski definition) is 4. The average Bonchev–Trinajstić information content (AvgIpc) is 2.45. The third-order valence-electron chi connectivity index (χ3n) is 2.49. The zero-order valence-corrected chi connectivity index (χ0v) is 15.9. The van der Waals surface area contributed by atoms with Crippen molar-refractivity contribution in [1.29, 1.82) is 0 Å². The first-order valence-corrected chi connectivity index (χ1v) is 8.39. The van der Waals surface area contributed by atoms with Gasteiger partial charge in [-0.3, -0.25) is 4.79 Å². The van der Waals surface area contributed by atoms with Crippen LogP contribution in [-0.4, -0.2) is 29.8 Å². The summed E-state index contributed by atoms with van der Waals surface area (Å²) >= 11 is 5.71. The summed E-state index contributed by atoms with van der Waals surface area (Å²) in [6.45, 7) is 8.98. The number of nitrogens with one attached hydrogen (secondary N) is 1. The Morgan fingerprint density at radius 2 is 1.79 bits per heavy atom. The molecule has 5 nitrogen and oxygen atoms in total. The van der Waals surface area contributed by atoms with E-state index in [1.54, 1.807) is 20.8 Å². The molecule has 1 aromatic rings. The molecule has 0 aliphatic carbocycles. The maximum Gasteiger partial charge on any atom is 0.408 e. The van der Waals surface area contributed by atoms with E-state index < -0.39 is 23.2 Å². The number of carbonyl (C=O) groups is 2. The van der Waals surface area contributed by atoms with Gasteiger partial charge in [0, 0.05) is 0 Å². The highest BCUT2D eigenvalue weighted by molar-refractivity contribution is 6.20. The molecule has 1 aromatic carbocycles. The average molecular weight is 358 g/mol. The van der Waals surface area contributed by atoms with Crippen LogP contribution in [0.15, 0.2) is 30.3 Å². The van der Waals surface area contributed by atoms with Crippen molar-refractivity contribution in [3.63, 3.8) is 0 Å². The largest absolute Gasteiger partial charge is 0.445 e. The van der Waals surface area contributed by atoms with Crippen molar-refractivity contribution in [3.05, 3.63) is 35.9 Å². The second kappa shape index (κ2) is 11.7. The fourth-order valence-electron chi connectivity index (χ4n) is 1.46. The van der Waals surface area contributed by atoms with Gasteiger partial charge in [0.2, 0.25) is 0 Å². The van der Waals surface area contributed by atoms with Crippen LogP contribution in [0.3, 0.4) is 0 Å². The zero-order chi connectivity index (χ0) is 18.6. The maximum absolute atomic E-state index is 11.2. The fourth-order valence-corrected chi connectivity index (χ4v) is 1.78. The summed E-state index contributed by atoms with van der Waals surface area (Å²) in [6, 6.07) is 10.3. The summed E-state index contributed by atoms with van der Waals surface area (Å²) in [5.74, 6) is -0.579. The van der Waals surface area contributed by atoms with Gasteiger partial charge in [-0.15, -0.1) is 0 Å². The lowest BCUT2D eigenvalue weighted by atomic mass is 10.2. The Kier molecular flexibility index (Phi) is 10.9.